The average molecular weight is 122 g/mol. The predicted octanol–water partition coefficient (Wildman–Crippen LogP) is 1.17. The molecule has 1 unspecified atom stereocenters. The molecular weight excluding hydrogens is 112 g/mol. The Morgan fingerprint density at radius 2 is 2.67 bits per heavy atom. The van der Waals surface area contributed by atoms with Crippen LogP contribution in [0.25, 0.3) is 0 Å². The van der Waals surface area contributed by atoms with E-state index in [9.17, 15) is 0 Å². The number of nitriles is 1. The first-order valence-corrected chi connectivity index (χ1v) is 3.18. The van der Waals surface area contributed by atoms with E-state index in [0.29, 0.717) is 6.04 Å². The Labute approximate surface area is 55.2 Å². The molecule has 1 saturated heterocycles. The minimum Gasteiger partial charge on any atom is -0.385 e. The second-order valence-electron chi connectivity index (χ2n) is 2.38. The molecule has 1 fully saturated rings. The van der Waals surface area contributed by atoms with Crippen LogP contribution >= 0.6 is 0 Å². The second kappa shape index (κ2) is 2.54. The van der Waals surface area contributed by atoms with Crippen LogP contribution in [0.15, 0.2) is 11.8 Å². The molecule has 0 saturated carbocycles. The van der Waals surface area contributed by atoms with Crippen molar-refractivity contribution in [1.29, 1.82) is 5.26 Å². The highest BCUT2D eigenvalue weighted by molar-refractivity contribution is 5.15. The number of nitrogens with zero attached hydrogens (tertiary/aromatic N) is 1. The maximum atomic E-state index is 8.25. The van der Waals surface area contributed by atoms with E-state index in [0.717, 1.165) is 18.5 Å². The minimum absolute atomic E-state index is 0.560. The van der Waals surface area contributed by atoms with Crippen LogP contribution in [0.3, 0.4) is 0 Å². The van der Waals surface area contributed by atoms with Crippen molar-refractivity contribution in [3.05, 3.63) is 11.8 Å². The van der Waals surface area contributed by atoms with Crippen molar-refractivity contribution in [3.8, 4) is 6.07 Å². The van der Waals surface area contributed by atoms with Gasteiger partial charge in [0.15, 0.2) is 0 Å². The zero-order valence-electron chi connectivity index (χ0n) is 5.52. The fourth-order valence-corrected chi connectivity index (χ4v) is 1.02. The van der Waals surface area contributed by atoms with Crippen molar-refractivity contribution < 1.29 is 0 Å². The van der Waals surface area contributed by atoms with E-state index in [4.69, 9.17) is 5.26 Å². The third-order valence-electron chi connectivity index (χ3n) is 1.52. The highest BCUT2D eigenvalue weighted by Gasteiger charge is 2.11. The molecule has 2 heteroatoms. The van der Waals surface area contributed by atoms with Crippen molar-refractivity contribution in [2.24, 2.45) is 0 Å². The van der Waals surface area contributed by atoms with Gasteiger partial charge in [-0.25, -0.2) is 0 Å². The molecule has 0 aromatic carbocycles. The lowest BCUT2D eigenvalue weighted by Crippen LogP contribution is -2.15. The van der Waals surface area contributed by atoms with Crippen LogP contribution in [0.2, 0.25) is 0 Å². The van der Waals surface area contributed by atoms with Crippen LogP contribution in [-0.4, -0.2) is 6.04 Å². The van der Waals surface area contributed by atoms with E-state index in [-0.39, 0.29) is 0 Å². The Hall–Kier alpha value is -0.970. The maximum absolute atomic E-state index is 8.25. The molecule has 9 heavy (non-hydrogen) atoms. The third kappa shape index (κ3) is 1.46. The van der Waals surface area contributed by atoms with Gasteiger partial charge in [0.25, 0.3) is 0 Å². The average Bonchev–Trinajstić information content (AvgIpc) is 2.17. The molecule has 2 nitrogen and oxygen atoms in total. The summed E-state index contributed by atoms with van der Waals surface area (Å²) in [6.45, 7) is 2.12. The Bertz CT molecular complexity index is 164. The fraction of sp³-hybridized carbons (Fsp3) is 0.571. The second-order valence-corrected chi connectivity index (χ2v) is 2.38. The predicted molar refractivity (Wildman–Crippen MR) is 35.5 cm³/mol. The van der Waals surface area contributed by atoms with E-state index < -0.39 is 0 Å². The van der Waals surface area contributed by atoms with Gasteiger partial charge in [-0.3, -0.25) is 0 Å². The lowest BCUT2D eigenvalue weighted by atomic mass is 10.2. The molecular formula is C7H10N2. The molecule has 0 bridgehead atoms. The molecule has 1 rings (SSSR count). The van der Waals surface area contributed by atoms with Gasteiger partial charge in [0, 0.05) is 17.8 Å². The number of hydrogen-bond donors (Lipinski definition) is 1. The molecule has 0 aromatic rings. The van der Waals surface area contributed by atoms with Crippen molar-refractivity contribution in [3.63, 3.8) is 0 Å². The standard InChI is InChI=1S/C7H10N2/c1-6-2-3-7(9-6)4-5-8/h4,6,9H,2-3H2,1H3/b7-4+. The summed E-state index contributed by atoms with van der Waals surface area (Å²) < 4.78 is 0. The molecule has 0 aromatic heterocycles. The van der Waals surface area contributed by atoms with Crippen LogP contribution in [-0.2, 0) is 0 Å². The van der Waals surface area contributed by atoms with Gasteiger partial charge in [0.1, 0.15) is 0 Å². The molecule has 0 amide bonds. The number of allylic oxidation sites excluding steroid dienone is 2. The zero-order chi connectivity index (χ0) is 6.69. The Kier molecular flexibility index (Phi) is 1.74. The molecule has 0 spiro atoms. The molecule has 1 aliphatic heterocycles. The highest BCUT2D eigenvalue weighted by atomic mass is 14.9. The van der Waals surface area contributed by atoms with Crippen molar-refractivity contribution >= 4 is 0 Å². The van der Waals surface area contributed by atoms with E-state index in [1.54, 1.807) is 6.08 Å². The molecule has 1 heterocycles. The van der Waals surface area contributed by atoms with Crippen molar-refractivity contribution in [2.45, 2.75) is 25.8 Å². The van der Waals surface area contributed by atoms with E-state index in [1.165, 1.54) is 0 Å². The van der Waals surface area contributed by atoms with Crippen molar-refractivity contribution in [1.82, 2.24) is 5.32 Å². The van der Waals surface area contributed by atoms with Crippen molar-refractivity contribution in [2.75, 3.05) is 0 Å². The van der Waals surface area contributed by atoms with Gasteiger partial charge >= 0.3 is 0 Å². The van der Waals surface area contributed by atoms with Gasteiger partial charge in [-0.15, -0.1) is 0 Å². The third-order valence-corrected chi connectivity index (χ3v) is 1.52. The summed E-state index contributed by atoms with van der Waals surface area (Å²) in [7, 11) is 0. The Balaban J connectivity index is 2.50. The van der Waals surface area contributed by atoms with Crippen LogP contribution in [0.4, 0.5) is 0 Å². The number of rotatable bonds is 0. The topological polar surface area (TPSA) is 35.8 Å². The quantitative estimate of drug-likeness (QED) is 0.489. The summed E-state index contributed by atoms with van der Waals surface area (Å²) >= 11 is 0. The van der Waals surface area contributed by atoms with Crippen LogP contribution in [0.1, 0.15) is 19.8 Å². The highest BCUT2D eigenvalue weighted by Crippen LogP contribution is 2.13. The van der Waals surface area contributed by atoms with Crippen LogP contribution in [0.5, 0.6) is 0 Å². The summed E-state index contributed by atoms with van der Waals surface area (Å²) in [6.07, 6.45) is 3.78. The van der Waals surface area contributed by atoms with Gasteiger partial charge < -0.3 is 5.32 Å². The normalized spacial score (nSPS) is 29.8. The van der Waals surface area contributed by atoms with Crippen LogP contribution in [0, 0.1) is 11.3 Å². The minimum atomic E-state index is 0.560. The number of nitrogens with one attached hydrogen (secondary N) is 1. The van der Waals surface area contributed by atoms with Gasteiger partial charge in [-0.2, -0.15) is 5.26 Å². The fourth-order valence-electron chi connectivity index (χ4n) is 1.02. The smallest absolute Gasteiger partial charge is 0.0930 e. The zero-order valence-corrected chi connectivity index (χ0v) is 5.52. The van der Waals surface area contributed by atoms with Gasteiger partial charge in [0.2, 0.25) is 0 Å². The molecule has 0 radical (unpaired) electrons. The Morgan fingerprint density at radius 1 is 1.89 bits per heavy atom. The maximum Gasteiger partial charge on any atom is 0.0930 e. The largest absolute Gasteiger partial charge is 0.385 e. The van der Waals surface area contributed by atoms with Gasteiger partial charge in [0.05, 0.1) is 6.07 Å². The van der Waals surface area contributed by atoms with E-state index >= 15 is 0 Å². The molecule has 1 aliphatic rings. The summed E-state index contributed by atoms with van der Waals surface area (Å²) in [6, 6.07) is 2.57. The first-order valence-electron chi connectivity index (χ1n) is 3.18. The monoisotopic (exact) mass is 122 g/mol. The molecule has 1 N–H and O–H groups in total. The first kappa shape index (κ1) is 6.15. The summed E-state index contributed by atoms with van der Waals surface area (Å²) in [5, 5.41) is 11.4. The first-order chi connectivity index (χ1) is 4.33. The van der Waals surface area contributed by atoms with Gasteiger partial charge in [-0.1, -0.05) is 0 Å². The molecule has 0 aliphatic carbocycles. The SMILES string of the molecule is CC1CC/C(=C\C#N)N1. The summed E-state index contributed by atoms with van der Waals surface area (Å²) in [4.78, 5) is 0. The van der Waals surface area contributed by atoms with E-state index in [2.05, 4.69) is 12.2 Å². The number of hydrogen-bond acceptors (Lipinski definition) is 2. The van der Waals surface area contributed by atoms with Crippen LogP contribution < -0.4 is 5.32 Å². The van der Waals surface area contributed by atoms with Gasteiger partial charge in [-0.05, 0) is 19.8 Å². The molecule has 48 valence electrons. The lowest BCUT2D eigenvalue weighted by molar-refractivity contribution is 0.681. The lowest BCUT2D eigenvalue weighted by Gasteiger charge is -1.99. The van der Waals surface area contributed by atoms with E-state index in [1.807, 2.05) is 6.07 Å². The Morgan fingerprint density at radius 3 is 3.11 bits per heavy atom. The summed E-state index contributed by atoms with van der Waals surface area (Å²) in [5.41, 5.74) is 1.09. The molecule has 1 atom stereocenters. The summed E-state index contributed by atoms with van der Waals surface area (Å²) in [5.74, 6) is 0.